The fraction of sp³-hybridized carbons (Fsp3) is 0.375. The molecule has 0 unspecified atom stereocenters. The fourth-order valence-electron chi connectivity index (χ4n) is 0.652. The van der Waals surface area contributed by atoms with Crippen molar-refractivity contribution < 1.29 is 23.1 Å². The van der Waals surface area contributed by atoms with Crippen LogP contribution in [0.2, 0.25) is 5.02 Å². The first-order chi connectivity index (χ1) is 8.20. The van der Waals surface area contributed by atoms with E-state index in [1.54, 1.807) is 0 Å². The summed E-state index contributed by atoms with van der Waals surface area (Å²) in [4.78, 5) is 9.79. The number of carbonyl (C=O) groups is 1. The highest BCUT2D eigenvalue weighted by Gasteiger charge is 2.38. The van der Waals surface area contributed by atoms with Gasteiger partial charge in [-0.05, 0) is 18.0 Å². The molecule has 0 radical (unpaired) electrons. The number of nitriles is 1. The van der Waals surface area contributed by atoms with Crippen molar-refractivity contribution in [3.8, 4) is 6.07 Å². The molecule has 100 valence electrons. The Kier molecular flexibility index (Phi) is 6.43. The predicted molar refractivity (Wildman–Crippen MR) is 59.2 cm³/mol. The molecule has 1 rings (SSSR count). The summed E-state index contributed by atoms with van der Waals surface area (Å²) in [5.41, 5.74) is 5.40. The lowest BCUT2D eigenvalue weighted by molar-refractivity contribution is -0.192. The third kappa shape index (κ3) is 5.70. The largest absolute Gasteiger partial charge is 0.490 e. The van der Waals surface area contributed by atoms with Crippen LogP contribution in [-0.4, -0.2) is 21.6 Å². The number of aliphatic carboxylic acids is 1. The summed E-state index contributed by atoms with van der Waals surface area (Å²) in [6.45, 7) is 0. The summed E-state index contributed by atoms with van der Waals surface area (Å²) >= 11 is 7.02. The first kappa shape index (κ1) is 16.5. The van der Waals surface area contributed by atoms with Gasteiger partial charge in [-0.2, -0.15) is 22.8 Å². The van der Waals surface area contributed by atoms with E-state index in [0.29, 0.717) is 23.7 Å². The van der Waals surface area contributed by atoms with Crippen LogP contribution in [0.3, 0.4) is 0 Å². The Bertz CT molecular complexity index is 455. The number of alkyl halides is 3. The number of carboxylic acids is 1. The molecule has 1 aromatic heterocycles. The first-order valence-electron chi connectivity index (χ1n) is 4.26. The molecule has 0 saturated carbocycles. The van der Waals surface area contributed by atoms with E-state index in [1.807, 2.05) is 6.07 Å². The highest BCUT2D eigenvalue weighted by Crippen LogP contribution is 2.27. The third-order valence-corrected chi connectivity index (χ3v) is 2.88. The number of rotatable bonds is 2. The van der Waals surface area contributed by atoms with Crippen molar-refractivity contribution in [2.24, 2.45) is 0 Å². The van der Waals surface area contributed by atoms with Crippen LogP contribution in [-0.2, 0) is 11.2 Å². The maximum absolute atomic E-state index is 10.6. The molecule has 0 aliphatic carbocycles. The lowest BCUT2D eigenvalue weighted by Gasteiger charge is -1.93. The van der Waals surface area contributed by atoms with Gasteiger partial charge in [-0.3, -0.25) is 0 Å². The quantitative estimate of drug-likeness (QED) is 0.874. The van der Waals surface area contributed by atoms with Gasteiger partial charge in [0.2, 0.25) is 0 Å². The summed E-state index contributed by atoms with van der Waals surface area (Å²) in [5.74, 6) is -2.39. The molecule has 1 aromatic rings. The fourth-order valence-corrected chi connectivity index (χ4v) is 1.62. The van der Waals surface area contributed by atoms with Gasteiger partial charge in [0.1, 0.15) is 0 Å². The molecule has 10 heteroatoms. The minimum atomic E-state index is -5.08. The molecule has 0 bridgehead atoms. The summed E-state index contributed by atoms with van der Waals surface area (Å²) in [6, 6.07) is 2.03. The maximum Gasteiger partial charge on any atom is 0.490 e. The molecular formula is C8H7ClF3N3O2S. The second-order valence-corrected chi connectivity index (χ2v) is 4.00. The number of anilines is 1. The SMILES string of the molecule is N#CCCc1snc(N)c1Cl.O=C(O)C(F)(F)F. The number of aryl methyl sites for hydroxylation is 1. The number of aromatic nitrogens is 1. The highest BCUT2D eigenvalue weighted by atomic mass is 35.5. The van der Waals surface area contributed by atoms with Crippen LogP contribution in [0.5, 0.6) is 0 Å². The molecule has 0 aliphatic rings. The average Bonchev–Trinajstić information content (AvgIpc) is 2.57. The van der Waals surface area contributed by atoms with Crippen molar-refractivity contribution in [3.05, 3.63) is 9.90 Å². The van der Waals surface area contributed by atoms with Crippen molar-refractivity contribution in [2.45, 2.75) is 19.0 Å². The first-order valence-corrected chi connectivity index (χ1v) is 5.41. The van der Waals surface area contributed by atoms with Gasteiger partial charge in [0.25, 0.3) is 0 Å². The number of nitrogens with two attached hydrogens (primary N) is 1. The molecule has 0 aliphatic heterocycles. The topological polar surface area (TPSA) is 100 Å². The van der Waals surface area contributed by atoms with Crippen molar-refractivity contribution >= 4 is 34.9 Å². The van der Waals surface area contributed by atoms with Crippen LogP contribution in [0.1, 0.15) is 11.3 Å². The number of halogens is 4. The standard InChI is InChI=1S/C6H6ClN3S.C2HF3O2/c7-5-4(2-1-3-8)11-10-6(5)9;3-2(4,5)1(6)7/h1-2H2,(H2,9,10);(H,6,7). The van der Waals surface area contributed by atoms with E-state index < -0.39 is 12.1 Å². The minimum absolute atomic E-state index is 0.365. The van der Waals surface area contributed by atoms with E-state index in [9.17, 15) is 13.2 Å². The van der Waals surface area contributed by atoms with E-state index >= 15 is 0 Å². The molecule has 0 amide bonds. The van der Waals surface area contributed by atoms with E-state index in [2.05, 4.69) is 4.37 Å². The summed E-state index contributed by atoms with van der Waals surface area (Å²) in [5, 5.41) is 15.9. The van der Waals surface area contributed by atoms with Gasteiger partial charge < -0.3 is 10.8 Å². The van der Waals surface area contributed by atoms with E-state index in [-0.39, 0.29) is 0 Å². The Morgan fingerprint density at radius 2 is 2.11 bits per heavy atom. The van der Waals surface area contributed by atoms with E-state index in [0.717, 1.165) is 4.88 Å². The average molecular weight is 302 g/mol. The number of carboxylic acid groups (broad SMARTS) is 1. The molecule has 1 heterocycles. The van der Waals surface area contributed by atoms with Crippen LogP contribution >= 0.6 is 23.1 Å². The number of hydrogen-bond donors (Lipinski definition) is 2. The smallest absolute Gasteiger partial charge is 0.475 e. The van der Waals surface area contributed by atoms with Gasteiger partial charge >= 0.3 is 12.1 Å². The zero-order valence-corrected chi connectivity index (χ0v) is 10.2. The van der Waals surface area contributed by atoms with Crippen LogP contribution in [0.25, 0.3) is 0 Å². The summed E-state index contributed by atoms with van der Waals surface area (Å²) in [7, 11) is 0. The Hall–Kier alpha value is -1.53. The zero-order chi connectivity index (χ0) is 14.3. The molecule has 5 nitrogen and oxygen atoms in total. The van der Waals surface area contributed by atoms with Gasteiger partial charge in [-0.15, -0.1) is 0 Å². The van der Waals surface area contributed by atoms with Crippen molar-refractivity contribution in [3.63, 3.8) is 0 Å². The van der Waals surface area contributed by atoms with Crippen LogP contribution in [0.15, 0.2) is 0 Å². The summed E-state index contributed by atoms with van der Waals surface area (Å²) < 4.78 is 35.6. The molecule has 18 heavy (non-hydrogen) atoms. The Labute approximate surface area is 109 Å². The van der Waals surface area contributed by atoms with Gasteiger partial charge in [0.15, 0.2) is 5.82 Å². The van der Waals surface area contributed by atoms with Crippen molar-refractivity contribution in [1.82, 2.24) is 4.37 Å². The monoisotopic (exact) mass is 301 g/mol. The molecule has 0 atom stereocenters. The molecule has 0 fully saturated rings. The Morgan fingerprint density at radius 3 is 2.39 bits per heavy atom. The lowest BCUT2D eigenvalue weighted by Crippen LogP contribution is -2.21. The van der Waals surface area contributed by atoms with E-state index in [1.165, 1.54) is 11.5 Å². The lowest BCUT2D eigenvalue weighted by atomic mass is 10.3. The molecule has 0 saturated heterocycles. The predicted octanol–water partition coefficient (Wildman–Crippen LogP) is 2.47. The van der Waals surface area contributed by atoms with Gasteiger partial charge in [0, 0.05) is 11.3 Å². The second-order valence-electron chi connectivity index (χ2n) is 2.77. The number of nitrogens with zero attached hydrogens (tertiary/aromatic N) is 2. The summed E-state index contributed by atoms with van der Waals surface area (Å²) in [6.07, 6.45) is -3.98. The number of nitrogen functional groups attached to an aromatic ring is 1. The normalized spacial score (nSPS) is 10.2. The third-order valence-electron chi connectivity index (χ3n) is 1.43. The highest BCUT2D eigenvalue weighted by molar-refractivity contribution is 7.06. The Morgan fingerprint density at radius 1 is 1.61 bits per heavy atom. The van der Waals surface area contributed by atoms with E-state index in [4.69, 9.17) is 32.5 Å². The second kappa shape index (κ2) is 7.03. The molecule has 0 aromatic carbocycles. The van der Waals surface area contributed by atoms with Gasteiger partial charge in [-0.25, -0.2) is 4.79 Å². The maximum atomic E-state index is 10.6. The molecular weight excluding hydrogens is 295 g/mol. The molecule has 3 N–H and O–H groups in total. The number of hydrogen-bond acceptors (Lipinski definition) is 5. The molecule has 0 spiro atoms. The van der Waals surface area contributed by atoms with Crippen molar-refractivity contribution in [2.75, 3.05) is 5.73 Å². The van der Waals surface area contributed by atoms with Gasteiger partial charge in [-0.1, -0.05) is 11.6 Å². The Balaban J connectivity index is 0.000000360. The van der Waals surface area contributed by atoms with Crippen LogP contribution < -0.4 is 5.73 Å². The van der Waals surface area contributed by atoms with Crippen LogP contribution in [0, 0.1) is 11.3 Å². The van der Waals surface area contributed by atoms with Crippen molar-refractivity contribution in [1.29, 1.82) is 5.26 Å². The zero-order valence-electron chi connectivity index (χ0n) is 8.66. The van der Waals surface area contributed by atoms with Crippen LogP contribution in [0.4, 0.5) is 19.0 Å². The minimum Gasteiger partial charge on any atom is -0.475 e. The van der Waals surface area contributed by atoms with Gasteiger partial charge in [0.05, 0.1) is 11.1 Å².